The van der Waals surface area contributed by atoms with Gasteiger partial charge in [0.15, 0.2) is 0 Å². The molecule has 8 nitrogen and oxygen atoms in total. The molecule has 2 amide bonds. The molecule has 0 saturated heterocycles. The molecule has 4 aromatic carbocycles. The monoisotopic (exact) mass is 695 g/mol. The number of anilines is 1. The Balaban J connectivity index is 1.85. The fourth-order valence-electron chi connectivity index (χ4n) is 4.98. The number of nitrogens with one attached hydrogen (secondary N) is 1. The van der Waals surface area contributed by atoms with Crippen LogP contribution in [0.2, 0.25) is 10.0 Å². The van der Waals surface area contributed by atoms with Crippen LogP contribution in [0.1, 0.15) is 31.9 Å². The topological polar surface area (TPSA) is 96.0 Å². The maximum absolute atomic E-state index is 14.7. The predicted octanol–water partition coefficient (Wildman–Crippen LogP) is 7.00. The Kier molecular flexibility index (Phi) is 12.7. The molecule has 1 N–H and O–H groups in total. The maximum Gasteiger partial charge on any atom is 0.264 e. The van der Waals surface area contributed by atoms with Gasteiger partial charge in [-0.05, 0) is 60.4 Å². The molecule has 0 aliphatic heterocycles. The number of carbonyl (C=O) groups excluding carboxylic acids is 2. The van der Waals surface area contributed by atoms with E-state index in [1.54, 1.807) is 67.6 Å². The van der Waals surface area contributed by atoms with Crippen molar-refractivity contribution in [2.24, 2.45) is 5.92 Å². The van der Waals surface area contributed by atoms with Crippen molar-refractivity contribution in [3.8, 4) is 5.75 Å². The van der Waals surface area contributed by atoms with Crippen molar-refractivity contribution in [3.05, 3.63) is 124 Å². The summed E-state index contributed by atoms with van der Waals surface area (Å²) in [5.74, 6) is -0.520. The summed E-state index contributed by atoms with van der Waals surface area (Å²) in [6.45, 7) is 5.73. The Labute approximate surface area is 287 Å². The van der Waals surface area contributed by atoms with Gasteiger partial charge in [-0.15, -0.1) is 0 Å². The molecule has 4 rings (SSSR count). The molecule has 0 aliphatic rings. The molecule has 0 aromatic heterocycles. The molecule has 0 saturated carbocycles. The molecular formula is C36H39Cl2N3O5S. The number of carbonyl (C=O) groups is 2. The largest absolute Gasteiger partial charge is 0.492 e. The zero-order valence-corrected chi connectivity index (χ0v) is 28.9. The van der Waals surface area contributed by atoms with E-state index in [-0.39, 0.29) is 42.0 Å². The van der Waals surface area contributed by atoms with Gasteiger partial charge in [-0.25, -0.2) is 8.42 Å². The molecular weight excluding hydrogens is 657 g/mol. The van der Waals surface area contributed by atoms with Crippen molar-refractivity contribution < 1.29 is 22.7 Å². The highest BCUT2D eigenvalue weighted by atomic mass is 35.5. The number of para-hydroxylation sites is 2. The van der Waals surface area contributed by atoms with Gasteiger partial charge in [-0.2, -0.15) is 0 Å². The van der Waals surface area contributed by atoms with Crippen LogP contribution in [0.25, 0.3) is 0 Å². The fraction of sp³-hybridized carbons (Fsp3) is 0.278. The summed E-state index contributed by atoms with van der Waals surface area (Å²) < 4.78 is 35.4. The Bertz CT molecular complexity index is 1760. The number of sulfonamides is 1. The Morgan fingerprint density at radius 2 is 1.51 bits per heavy atom. The fourth-order valence-corrected chi connectivity index (χ4v) is 6.90. The lowest BCUT2D eigenvalue weighted by Gasteiger charge is -2.34. The summed E-state index contributed by atoms with van der Waals surface area (Å²) in [6.07, 6.45) is 0.183. The van der Waals surface area contributed by atoms with E-state index < -0.39 is 28.5 Å². The first kappa shape index (κ1) is 35.8. The number of ether oxygens (including phenoxy) is 1. The van der Waals surface area contributed by atoms with Crippen molar-refractivity contribution >= 4 is 50.7 Å². The number of rotatable bonds is 15. The van der Waals surface area contributed by atoms with Gasteiger partial charge >= 0.3 is 0 Å². The van der Waals surface area contributed by atoms with Gasteiger partial charge in [-0.1, -0.05) is 104 Å². The zero-order chi connectivity index (χ0) is 34.0. The van der Waals surface area contributed by atoms with Crippen LogP contribution in [-0.4, -0.2) is 50.9 Å². The summed E-state index contributed by atoms with van der Waals surface area (Å²) in [4.78, 5) is 30.0. The molecule has 0 radical (unpaired) electrons. The number of benzene rings is 4. The first-order valence-electron chi connectivity index (χ1n) is 15.4. The maximum atomic E-state index is 14.7. The van der Waals surface area contributed by atoms with Gasteiger partial charge in [0, 0.05) is 29.6 Å². The minimum absolute atomic E-state index is 0.00177. The highest BCUT2D eigenvalue weighted by Gasteiger charge is 2.35. The zero-order valence-electron chi connectivity index (χ0n) is 26.6. The van der Waals surface area contributed by atoms with E-state index in [9.17, 15) is 18.0 Å². The molecule has 1 atom stereocenters. The van der Waals surface area contributed by atoms with Crippen LogP contribution in [0.3, 0.4) is 0 Å². The van der Waals surface area contributed by atoms with Crippen LogP contribution in [0.4, 0.5) is 5.69 Å². The van der Waals surface area contributed by atoms with E-state index >= 15 is 0 Å². The number of hydrogen-bond acceptors (Lipinski definition) is 5. The standard InChI is InChI=1S/C36H39Cl2N3O5S/c1-4-46-34-18-12-11-17-32(34)41(47(44,45)30-15-9-6-10-16-30)25-35(42)40(24-28-19-20-29(37)22-31(28)38)33(36(43)39-23-26(2)3)21-27-13-7-5-8-14-27/h5-20,22,26,33H,4,21,23-25H2,1-3H3,(H,39,43)/t33-/m1/s1. The molecule has 11 heteroatoms. The lowest BCUT2D eigenvalue weighted by Crippen LogP contribution is -2.53. The summed E-state index contributed by atoms with van der Waals surface area (Å²) in [5, 5.41) is 3.70. The van der Waals surface area contributed by atoms with Gasteiger partial charge in [-0.3, -0.25) is 13.9 Å². The highest BCUT2D eigenvalue weighted by molar-refractivity contribution is 7.92. The second kappa shape index (κ2) is 16.7. The van der Waals surface area contributed by atoms with Crippen LogP contribution in [0.15, 0.2) is 108 Å². The summed E-state index contributed by atoms with van der Waals surface area (Å²) in [7, 11) is -4.27. The third-order valence-corrected chi connectivity index (χ3v) is 9.72. The van der Waals surface area contributed by atoms with Crippen LogP contribution in [-0.2, 0) is 32.6 Å². The average molecular weight is 697 g/mol. The van der Waals surface area contributed by atoms with Gasteiger partial charge in [0.2, 0.25) is 11.8 Å². The smallest absolute Gasteiger partial charge is 0.264 e. The van der Waals surface area contributed by atoms with E-state index in [0.29, 0.717) is 27.9 Å². The van der Waals surface area contributed by atoms with Crippen LogP contribution >= 0.6 is 23.2 Å². The molecule has 0 heterocycles. The van der Waals surface area contributed by atoms with Crippen LogP contribution in [0.5, 0.6) is 5.75 Å². The van der Waals surface area contributed by atoms with Crippen molar-refractivity contribution in [3.63, 3.8) is 0 Å². The average Bonchev–Trinajstić information content (AvgIpc) is 3.06. The molecule has 0 fully saturated rings. The first-order valence-corrected chi connectivity index (χ1v) is 17.6. The second-order valence-corrected chi connectivity index (χ2v) is 14.0. The molecule has 47 heavy (non-hydrogen) atoms. The molecule has 248 valence electrons. The summed E-state index contributed by atoms with van der Waals surface area (Å²) in [5.41, 5.74) is 1.57. The second-order valence-electron chi connectivity index (χ2n) is 11.3. The number of nitrogens with zero attached hydrogens (tertiary/aromatic N) is 2. The predicted molar refractivity (Wildman–Crippen MR) is 187 cm³/mol. The van der Waals surface area contributed by atoms with E-state index in [2.05, 4.69) is 5.32 Å². The normalized spacial score (nSPS) is 12.0. The third kappa shape index (κ3) is 9.50. The van der Waals surface area contributed by atoms with Crippen LogP contribution < -0.4 is 14.4 Å². The number of hydrogen-bond donors (Lipinski definition) is 1. The molecule has 0 aliphatic carbocycles. The van der Waals surface area contributed by atoms with Gasteiger partial charge in [0.1, 0.15) is 18.3 Å². The summed E-state index contributed by atoms with van der Waals surface area (Å²) in [6, 6.07) is 27.8. The SMILES string of the molecule is CCOc1ccccc1N(CC(=O)N(Cc1ccc(Cl)cc1Cl)[C@H](Cc1ccccc1)C(=O)NCC(C)C)S(=O)(=O)c1ccccc1. The van der Waals surface area contributed by atoms with Gasteiger partial charge in [0.25, 0.3) is 10.0 Å². The minimum Gasteiger partial charge on any atom is -0.492 e. The minimum atomic E-state index is -4.27. The third-order valence-electron chi connectivity index (χ3n) is 7.36. The van der Waals surface area contributed by atoms with E-state index in [4.69, 9.17) is 27.9 Å². The van der Waals surface area contributed by atoms with Gasteiger partial charge in [0.05, 0.1) is 17.2 Å². The quantitative estimate of drug-likeness (QED) is 0.145. The molecule has 0 spiro atoms. The van der Waals surface area contributed by atoms with Crippen molar-refractivity contribution in [1.29, 1.82) is 0 Å². The van der Waals surface area contributed by atoms with E-state index in [0.717, 1.165) is 9.87 Å². The van der Waals surface area contributed by atoms with Gasteiger partial charge < -0.3 is 15.0 Å². The Morgan fingerprint density at radius 3 is 2.15 bits per heavy atom. The number of amides is 2. The van der Waals surface area contributed by atoms with E-state index in [1.807, 2.05) is 44.2 Å². The summed E-state index contributed by atoms with van der Waals surface area (Å²) >= 11 is 12.8. The number of halogens is 2. The van der Waals surface area contributed by atoms with E-state index in [1.165, 1.54) is 17.0 Å². The van der Waals surface area contributed by atoms with Crippen LogP contribution in [0, 0.1) is 5.92 Å². The lowest BCUT2D eigenvalue weighted by atomic mass is 10.0. The van der Waals surface area contributed by atoms with Crippen molar-refractivity contribution in [1.82, 2.24) is 10.2 Å². The molecule has 0 bridgehead atoms. The molecule has 4 aromatic rings. The Hall–Kier alpha value is -4.05. The van der Waals surface area contributed by atoms with Crippen molar-refractivity contribution in [2.45, 2.75) is 44.7 Å². The lowest BCUT2D eigenvalue weighted by molar-refractivity contribution is -0.140. The molecule has 0 unspecified atom stereocenters. The highest BCUT2D eigenvalue weighted by Crippen LogP contribution is 2.33. The Morgan fingerprint density at radius 1 is 0.872 bits per heavy atom. The van der Waals surface area contributed by atoms with Crippen molar-refractivity contribution in [2.75, 3.05) is 24.0 Å². The first-order chi connectivity index (χ1) is 22.5.